The summed E-state index contributed by atoms with van der Waals surface area (Å²) in [7, 11) is 0. The molecule has 0 radical (unpaired) electrons. The third kappa shape index (κ3) is 33.7. The normalized spacial score (nSPS) is 15.1. The molecule has 12 amide bonds. The molecule has 0 spiro atoms. The Hall–Kier alpha value is -13.6. The van der Waals surface area contributed by atoms with E-state index in [1.807, 2.05) is 20.0 Å². The number of nitrogens with two attached hydrogens (primary N) is 2. The molecule has 0 aliphatic carbocycles. The van der Waals surface area contributed by atoms with Crippen LogP contribution in [0.4, 0.5) is 0 Å². The summed E-state index contributed by atoms with van der Waals surface area (Å²) in [5, 5.41) is 84.4. The number of guanidine groups is 1. The van der Waals surface area contributed by atoms with Gasteiger partial charge in [-0.25, -0.2) is 14.5 Å². The number of nitrogens with zero attached hydrogens (tertiary/aromatic N) is 6. The highest BCUT2D eigenvalue weighted by Crippen LogP contribution is 2.27. The summed E-state index contributed by atoms with van der Waals surface area (Å²) in [6.45, 7) is 8.57. The minimum atomic E-state index is -1.85. The number of primary amides is 1. The maximum Gasteiger partial charge on any atom is 0.335 e. The number of hydrogen-bond acceptors (Lipinski definition) is 25. The first-order valence-corrected chi connectivity index (χ1v) is 44.3. The third-order valence-corrected chi connectivity index (χ3v) is 21.9. The number of carboxylic acid groups (broad SMARTS) is 1. The van der Waals surface area contributed by atoms with Gasteiger partial charge in [0, 0.05) is 93.0 Å². The number of aliphatic hydroxyl groups is 1. The molecule has 7 aromatic rings. The van der Waals surface area contributed by atoms with Crippen LogP contribution in [-0.4, -0.2) is 283 Å². The minimum Gasteiger partial charge on any atom is -0.508 e. The van der Waals surface area contributed by atoms with Crippen LogP contribution in [0.15, 0.2) is 91.6 Å². The molecule has 2 aliphatic heterocycles. The van der Waals surface area contributed by atoms with Crippen LogP contribution in [0.1, 0.15) is 147 Å². The number of aromatic carboxylic acids is 1. The summed E-state index contributed by atoms with van der Waals surface area (Å²) in [4.78, 5) is 191. The first-order chi connectivity index (χ1) is 63.5. The minimum absolute atomic E-state index is 0.0297. The summed E-state index contributed by atoms with van der Waals surface area (Å²) in [6, 6.07) is 4.64. The van der Waals surface area contributed by atoms with Crippen molar-refractivity contribution < 1.29 is 101 Å². The Balaban J connectivity index is 0.801. The van der Waals surface area contributed by atoms with Crippen LogP contribution in [0, 0.1) is 25.2 Å². The number of imidazole rings is 1. The second-order valence-corrected chi connectivity index (χ2v) is 32.7. The Morgan fingerprint density at radius 1 is 0.636 bits per heavy atom. The number of phenolic OH excluding ortho intramolecular Hbond substituents is 1. The van der Waals surface area contributed by atoms with Gasteiger partial charge >= 0.3 is 5.97 Å². The van der Waals surface area contributed by atoms with Gasteiger partial charge in [-0.05, 0) is 150 Å². The maximum atomic E-state index is 15.2. The van der Waals surface area contributed by atoms with Gasteiger partial charge in [0.15, 0.2) is 5.96 Å². The first-order valence-electron chi connectivity index (χ1n) is 44.3. The quantitative estimate of drug-likeness (QED) is 0.0127. The number of aromatic amines is 3. The van der Waals surface area contributed by atoms with Crippen LogP contribution in [0.25, 0.3) is 10.9 Å². The van der Waals surface area contributed by atoms with Crippen molar-refractivity contribution in [2.45, 2.75) is 204 Å². The van der Waals surface area contributed by atoms with E-state index in [4.69, 9.17) is 40.6 Å². The van der Waals surface area contributed by atoms with Gasteiger partial charge in [-0.2, -0.15) is 5.10 Å². The van der Waals surface area contributed by atoms with Gasteiger partial charge < -0.3 is 124 Å². The van der Waals surface area contributed by atoms with Crippen LogP contribution in [-0.2, 0) is 110 Å². The average molecular weight is 1840 g/mol. The van der Waals surface area contributed by atoms with E-state index < -0.39 is 133 Å². The number of phenols is 1. The van der Waals surface area contributed by atoms with E-state index in [0.29, 0.717) is 91.3 Å². The van der Waals surface area contributed by atoms with Gasteiger partial charge in [-0.3, -0.25) is 68.0 Å². The van der Waals surface area contributed by atoms with Gasteiger partial charge in [0.25, 0.3) is 0 Å². The predicted octanol–water partition coefficient (Wildman–Crippen LogP) is -0.730. The average Bonchev–Trinajstić information content (AvgIpc) is 1.66. The van der Waals surface area contributed by atoms with Crippen molar-refractivity contribution in [3.8, 4) is 17.2 Å². The highest BCUT2D eigenvalue weighted by atomic mass is 16.5. The van der Waals surface area contributed by atoms with Crippen molar-refractivity contribution >= 4 is 93.7 Å². The molecule has 3 aromatic carbocycles. The maximum absolute atomic E-state index is 15.2. The molecule has 6 heterocycles. The molecular weight excluding hydrogens is 1720 g/mol. The highest BCUT2D eigenvalue weighted by Gasteiger charge is 2.41. The van der Waals surface area contributed by atoms with Crippen LogP contribution in [0.5, 0.6) is 17.2 Å². The number of carbonyl (C=O) groups excluding carboxylic acids is 12. The predicted molar refractivity (Wildman–Crippen MR) is 476 cm³/mol. The molecule has 44 heteroatoms. The number of H-pyrrole nitrogens is 3. The molecule has 2 fully saturated rings. The first kappa shape index (κ1) is 102. The molecule has 9 unspecified atom stereocenters. The van der Waals surface area contributed by atoms with Crippen molar-refractivity contribution in [2.24, 2.45) is 17.4 Å². The Kier molecular flexibility index (Phi) is 40.9. The second-order valence-electron chi connectivity index (χ2n) is 32.7. The molecular formula is C88H123N23O21. The molecule has 0 bridgehead atoms. The zero-order chi connectivity index (χ0) is 95.0. The summed E-state index contributed by atoms with van der Waals surface area (Å²) in [5.41, 5.74) is 16.7. The number of benzene rings is 3. The second kappa shape index (κ2) is 52.9. The zero-order valence-corrected chi connectivity index (χ0v) is 74.6. The van der Waals surface area contributed by atoms with Crippen molar-refractivity contribution in [2.75, 3.05) is 85.6 Å². The van der Waals surface area contributed by atoms with Gasteiger partial charge in [0.2, 0.25) is 70.9 Å². The summed E-state index contributed by atoms with van der Waals surface area (Å²) < 4.78 is 30.6. The number of amides is 12. The molecule has 9 atom stereocenters. The topological polar surface area (TPSA) is 644 Å². The van der Waals surface area contributed by atoms with Crippen LogP contribution in [0.2, 0.25) is 0 Å². The summed E-state index contributed by atoms with van der Waals surface area (Å²) >= 11 is 0. The molecule has 0 saturated carbocycles. The van der Waals surface area contributed by atoms with E-state index in [1.54, 1.807) is 55.1 Å². The molecule has 2 aliphatic rings. The van der Waals surface area contributed by atoms with Crippen LogP contribution < -0.4 is 79.4 Å². The Labute approximate surface area is 761 Å². The molecule has 716 valence electrons. The monoisotopic (exact) mass is 1840 g/mol. The fourth-order valence-corrected chi connectivity index (χ4v) is 15.0. The van der Waals surface area contributed by atoms with Crippen LogP contribution in [0.3, 0.4) is 0 Å². The molecule has 4 aromatic heterocycles. The molecule has 132 heavy (non-hydrogen) atoms. The van der Waals surface area contributed by atoms with Crippen molar-refractivity contribution in [1.29, 1.82) is 5.41 Å². The van der Waals surface area contributed by atoms with Gasteiger partial charge in [0.1, 0.15) is 71.6 Å². The van der Waals surface area contributed by atoms with E-state index >= 15 is 9.59 Å². The summed E-state index contributed by atoms with van der Waals surface area (Å²) in [5.74, 6) is -10.4. The number of ether oxygens (including phenoxy) is 5. The lowest BCUT2D eigenvalue weighted by molar-refractivity contribution is -0.142. The smallest absolute Gasteiger partial charge is 0.335 e. The van der Waals surface area contributed by atoms with Gasteiger partial charge in [-0.1, -0.05) is 49.4 Å². The van der Waals surface area contributed by atoms with E-state index in [2.05, 4.69) is 93.9 Å². The molecule has 22 N–H and O–H groups in total. The number of aryl methyl sites for hydroxylation is 3. The number of para-hydroxylation sites is 1. The Bertz CT molecular complexity index is 4980. The van der Waals surface area contributed by atoms with Crippen molar-refractivity contribution in [3.05, 3.63) is 137 Å². The number of aromatic hydroxyl groups is 1. The number of hydrogen-bond donors (Lipinski definition) is 20. The number of carboxylic acids is 1. The standard InChI is InChI=1S/C88H123N23O21/c1-52(2)39-69(80(119)100-68(18-9-28-94-88(90)91)86(125)111-29-10-19-74(111)85(124)96-48-75(89)114)101-78(117)66(17-7-8-27-93-76(115)26-33-128-35-37-130-38-36-129-34-30-110-49-58(108-109-110)13-11-31-131-61-41-56(87(126)127)42-62(45-61)132-32-12-15-63-53(3)106-107-54(63)4)99-81(120)70(40-55-20-22-60(113)23-21-55)102-84(123)73(50-112)105-82(121)71(43-57-46-95-65-16-6-5-14-64(57)65)103-83(122)72(44-59-47-92-51-97-59)104-79(118)67-24-25-77(116)98-67/h5-6,14,16,20-23,41-42,45-47,49,51-52,66-74,95,112-113H,7-13,15,17-19,24-40,43-44,48,50H2,1-4H3,(H2,89,114)(H,92,97)(H,93,115)(H,96,124)(H,98,116)(H,99,120)(H,100,119)(H,101,117)(H,102,123)(H,103,122)(H,104,118)(H,105,121)(H,106,107)(H,126,127)(H4,90,91,94). The number of rotatable bonds is 59. The number of carbonyl (C=O) groups is 13. The number of nitrogens with one attached hydrogen (secondary N) is 15. The Morgan fingerprint density at radius 3 is 1.91 bits per heavy atom. The lowest BCUT2D eigenvalue weighted by atomic mass is 10.00. The summed E-state index contributed by atoms with van der Waals surface area (Å²) in [6.07, 6.45) is 9.31. The third-order valence-electron chi connectivity index (χ3n) is 21.9. The van der Waals surface area contributed by atoms with Crippen molar-refractivity contribution in [3.63, 3.8) is 0 Å². The highest BCUT2D eigenvalue weighted by molar-refractivity contribution is 6.00. The fourth-order valence-electron chi connectivity index (χ4n) is 15.0. The zero-order valence-electron chi connectivity index (χ0n) is 74.6. The number of aromatic nitrogens is 8. The lowest BCUT2D eigenvalue weighted by Gasteiger charge is -2.31. The molecule has 44 nitrogen and oxygen atoms in total. The van der Waals surface area contributed by atoms with Crippen molar-refractivity contribution in [1.82, 2.24) is 104 Å². The Morgan fingerprint density at radius 2 is 1.26 bits per heavy atom. The van der Waals surface area contributed by atoms with Gasteiger partial charge in [-0.15, -0.1) is 5.10 Å². The number of unbranched alkanes of at least 4 members (excludes halogenated alkanes) is 1. The fraction of sp³-hybridized carbons (Fsp3) is 0.523. The van der Waals surface area contributed by atoms with E-state index in [1.165, 1.54) is 53.8 Å². The van der Waals surface area contributed by atoms with Crippen LogP contribution >= 0.6 is 0 Å². The SMILES string of the molecule is Cc1n[nH]c(C)c1CCCOc1cc(OCCCc2cn(CCOCCOCCOCCC(=O)NCCCCC(NC(=O)C(Cc3ccc(O)cc3)NC(=O)C(CO)NC(=O)C(Cc3c[nH]c4ccccc34)NC(=O)C(Cc3c[nH]cn3)NC(=O)C3CCC(=O)N3)C(=O)NC(CC(C)C)C(=O)NC(CCCNC(=N)N)C(=O)N3CCCC3C(=O)NCC(N)=O)nn2)cc(C(=O)O)c1. The largest absolute Gasteiger partial charge is 0.508 e. The number of fused-ring (bicyclic) bond motifs is 1. The van der Waals surface area contributed by atoms with Gasteiger partial charge in [0.05, 0.1) is 102 Å². The van der Waals surface area contributed by atoms with E-state index in [0.717, 1.165) is 29.1 Å². The molecule has 2 saturated heterocycles. The molecule has 9 rings (SSSR count). The van der Waals surface area contributed by atoms with E-state index in [9.17, 15) is 68.1 Å². The lowest BCUT2D eigenvalue weighted by Crippen LogP contribution is -2.61. The number of likely N-dealkylation sites (tertiary alicyclic amines) is 1. The number of aliphatic hydroxyl groups excluding tert-OH is 1. The van der Waals surface area contributed by atoms with E-state index in [-0.39, 0.29) is 171 Å².